The second-order valence-corrected chi connectivity index (χ2v) is 4.46. The quantitative estimate of drug-likeness (QED) is 0.848. The third kappa shape index (κ3) is 3.55. The first kappa shape index (κ1) is 12.1. The molecule has 3 nitrogen and oxygen atoms in total. The standard InChI is InChI=1S/C14H19N3/c15-12-14(17-10-8-16-9-11-17)7-6-13-4-2-1-3-5-13/h1-5,14,16H,6-11H2. The third-order valence-corrected chi connectivity index (χ3v) is 3.29. The van der Waals surface area contributed by atoms with E-state index in [2.05, 4.69) is 40.6 Å². The molecule has 3 heteroatoms. The fraction of sp³-hybridized carbons (Fsp3) is 0.500. The largest absolute Gasteiger partial charge is 0.314 e. The van der Waals surface area contributed by atoms with Crippen LogP contribution in [0, 0.1) is 11.3 Å². The van der Waals surface area contributed by atoms with Crippen molar-refractivity contribution >= 4 is 0 Å². The van der Waals surface area contributed by atoms with Crippen molar-refractivity contribution in [3.05, 3.63) is 35.9 Å². The zero-order chi connectivity index (χ0) is 11.9. The molecule has 1 atom stereocenters. The number of aryl methyl sites for hydroxylation is 1. The number of nitrogens with zero attached hydrogens (tertiary/aromatic N) is 2. The molecule has 0 saturated carbocycles. The number of hydrogen-bond donors (Lipinski definition) is 1. The molecular weight excluding hydrogens is 210 g/mol. The predicted molar refractivity (Wildman–Crippen MR) is 68.6 cm³/mol. The van der Waals surface area contributed by atoms with E-state index in [0.717, 1.165) is 39.0 Å². The van der Waals surface area contributed by atoms with Crippen LogP contribution in [-0.2, 0) is 6.42 Å². The van der Waals surface area contributed by atoms with E-state index in [0.29, 0.717) is 0 Å². The molecule has 0 aromatic heterocycles. The highest BCUT2D eigenvalue weighted by atomic mass is 15.2. The van der Waals surface area contributed by atoms with Crippen LogP contribution in [0.25, 0.3) is 0 Å². The molecule has 0 radical (unpaired) electrons. The smallest absolute Gasteiger partial charge is 0.0981 e. The van der Waals surface area contributed by atoms with Crippen molar-refractivity contribution in [2.75, 3.05) is 26.2 Å². The number of hydrogen-bond acceptors (Lipinski definition) is 3. The SMILES string of the molecule is N#CC(CCc1ccccc1)N1CCNCC1. The number of benzene rings is 1. The monoisotopic (exact) mass is 229 g/mol. The fourth-order valence-electron chi connectivity index (χ4n) is 2.27. The minimum atomic E-state index is 0.0670. The van der Waals surface area contributed by atoms with Gasteiger partial charge in [0.25, 0.3) is 0 Å². The summed E-state index contributed by atoms with van der Waals surface area (Å²) >= 11 is 0. The number of rotatable bonds is 4. The Morgan fingerprint density at radius 2 is 1.94 bits per heavy atom. The predicted octanol–water partition coefficient (Wildman–Crippen LogP) is 1.42. The second kappa shape index (κ2) is 6.39. The molecule has 2 rings (SSSR count). The van der Waals surface area contributed by atoms with Crippen molar-refractivity contribution in [3.63, 3.8) is 0 Å². The van der Waals surface area contributed by atoms with E-state index in [1.54, 1.807) is 0 Å². The lowest BCUT2D eigenvalue weighted by atomic mass is 10.0. The number of piperazine rings is 1. The van der Waals surface area contributed by atoms with Gasteiger partial charge in [0.2, 0.25) is 0 Å². The maximum absolute atomic E-state index is 9.24. The summed E-state index contributed by atoms with van der Waals surface area (Å²) in [5.74, 6) is 0. The molecule has 1 heterocycles. The molecule has 90 valence electrons. The summed E-state index contributed by atoms with van der Waals surface area (Å²) in [4.78, 5) is 2.29. The Hall–Kier alpha value is -1.37. The van der Waals surface area contributed by atoms with Crippen molar-refractivity contribution < 1.29 is 0 Å². The van der Waals surface area contributed by atoms with Crippen molar-refractivity contribution in [3.8, 4) is 6.07 Å². The zero-order valence-corrected chi connectivity index (χ0v) is 10.1. The first-order chi connectivity index (χ1) is 8.40. The van der Waals surface area contributed by atoms with Crippen LogP contribution >= 0.6 is 0 Å². The molecule has 1 unspecified atom stereocenters. The van der Waals surface area contributed by atoms with Gasteiger partial charge < -0.3 is 5.32 Å². The Kier molecular flexibility index (Phi) is 4.54. The summed E-state index contributed by atoms with van der Waals surface area (Å²) in [7, 11) is 0. The Bertz CT molecular complexity index is 363. The van der Waals surface area contributed by atoms with Gasteiger partial charge in [-0.3, -0.25) is 4.90 Å². The maximum atomic E-state index is 9.24. The lowest BCUT2D eigenvalue weighted by Crippen LogP contribution is -2.48. The molecule has 1 N–H and O–H groups in total. The highest BCUT2D eigenvalue weighted by molar-refractivity contribution is 5.15. The number of nitriles is 1. The van der Waals surface area contributed by atoms with Gasteiger partial charge in [0.05, 0.1) is 12.1 Å². The van der Waals surface area contributed by atoms with E-state index in [-0.39, 0.29) is 6.04 Å². The summed E-state index contributed by atoms with van der Waals surface area (Å²) in [6.45, 7) is 3.99. The Morgan fingerprint density at radius 3 is 2.59 bits per heavy atom. The minimum absolute atomic E-state index is 0.0670. The molecule has 0 aliphatic carbocycles. The topological polar surface area (TPSA) is 39.1 Å². The molecule has 1 fully saturated rings. The lowest BCUT2D eigenvalue weighted by Gasteiger charge is -2.31. The van der Waals surface area contributed by atoms with E-state index in [9.17, 15) is 5.26 Å². The first-order valence-electron chi connectivity index (χ1n) is 6.28. The van der Waals surface area contributed by atoms with Gasteiger partial charge in [-0.05, 0) is 18.4 Å². The van der Waals surface area contributed by atoms with Gasteiger partial charge in [-0.15, -0.1) is 0 Å². The number of nitrogens with one attached hydrogen (secondary N) is 1. The third-order valence-electron chi connectivity index (χ3n) is 3.29. The van der Waals surface area contributed by atoms with Gasteiger partial charge in [0.15, 0.2) is 0 Å². The summed E-state index contributed by atoms with van der Waals surface area (Å²) in [6, 6.07) is 12.9. The zero-order valence-electron chi connectivity index (χ0n) is 10.1. The van der Waals surface area contributed by atoms with Crippen LogP contribution in [0.1, 0.15) is 12.0 Å². The average molecular weight is 229 g/mol. The highest BCUT2D eigenvalue weighted by Gasteiger charge is 2.19. The Balaban J connectivity index is 1.85. The van der Waals surface area contributed by atoms with Crippen LogP contribution < -0.4 is 5.32 Å². The first-order valence-corrected chi connectivity index (χ1v) is 6.28. The van der Waals surface area contributed by atoms with Crippen molar-refractivity contribution in [1.82, 2.24) is 10.2 Å². The van der Waals surface area contributed by atoms with Crippen LogP contribution in [0.15, 0.2) is 30.3 Å². The maximum Gasteiger partial charge on any atom is 0.0981 e. The van der Waals surface area contributed by atoms with E-state index < -0.39 is 0 Å². The Morgan fingerprint density at radius 1 is 1.24 bits per heavy atom. The molecule has 17 heavy (non-hydrogen) atoms. The molecule has 0 spiro atoms. The van der Waals surface area contributed by atoms with Gasteiger partial charge in [-0.25, -0.2) is 0 Å². The van der Waals surface area contributed by atoms with Crippen molar-refractivity contribution in [2.24, 2.45) is 0 Å². The van der Waals surface area contributed by atoms with E-state index in [1.807, 2.05) is 6.07 Å². The molecule has 1 aromatic rings. The van der Waals surface area contributed by atoms with Gasteiger partial charge in [0, 0.05) is 26.2 Å². The van der Waals surface area contributed by atoms with Crippen LogP contribution in [0.3, 0.4) is 0 Å². The molecular formula is C14H19N3. The Labute approximate surface area is 103 Å². The normalized spacial score (nSPS) is 18.5. The van der Waals surface area contributed by atoms with E-state index in [1.165, 1.54) is 5.56 Å². The van der Waals surface area contributed by atoms with Crippen LogP contribution in [0.4, 0.5) is 0 Å². The lowest BCUT2D eigenvalue weighted by molar-refractivity contribution is 0.199. The molecule has 1 aromatic carbocycles. The minimum Gasteiger partial charge on any atom is -0.314 e. The van der Waals surface area contributed by atoms with E-state index in [4.69, 9.17) is 0 Å². The van der Waals surface area contributed by atoms with Crippen molar-refractivity contribution in [1.29, 1.82) is 5.26 Å². The van der Waals surface area contributed by atoms with E-state index >= 15 is 0 Å². The van der Waals surface area contributed by atoms with Crippen LogP contribution in [-0.4, -0.2) is 37.1 Å². The average Bonchev–Trinajstić information content (AvgIpc) is 2.42. The molecule has 1 saturated heterocycles. The molecule has 0 bridgehead atoms. The van der Waals surface area contributed by atoms with Crippen LogP contribution in [0.5, 0.6) is 0 Å². The van der Waals surface area contributed by atoms with Gasteiger partial charge in [-0.1, -0.05) is 30.3 Å². The van der Waals surface area contributed by atoms with Crippen molar-refractivity contribution in [2.45, 2.75) is 18.9 Å². The summed E-state index contributed by atoms with van der Waals surface area (Å²) in [6.07, 6.45) is 1.92. The van der Waals surface area contributed by atoms with Gasteiger partial charge >= 0.3 is 0 Å². The summed E-state index contributed by atoms with van der Waals surface area (Å²) in [5, 5.41) is 12.6. The van der Waals surface area contributed by atoms with Gasteiger partial charge in [-0.2, -0.15) is 5.26 Å². The summed E-state index contributed by atoms with van der Waals surface area (Å²) in [5.41, 5.74) is 1.32. The van der Waals surface area contributed by atoms with Crippen LogP contribution in [0.2, 0.25) is 0 Å². The summed E-state index contributed by atoms with van der Waals surface area (Å²) < 4.78 is 0. The van der Waals surface area contributed by atoms with Gasteiger partial charge in [0.1, 0.15) is 0 Å². The highest BCUT2D eigenvalue weighted by Crippen LogP contribution is 2.10. The second-order valence-electron chi connectivity index (χ2n) is 4.46. The molecule has 1 aliphatic rings. The fourth-order valence-corrected chi connectivity index (χ4v) is 2.27. The molecule has 1 aliphatic heterocycles. The molecule has 0 amide bonds.